The van der Waals surface area contributed by atoms with Gasteiger partial charge >= 0.3 is 5.97 Å². The minimum atomic E-state index is -1.08. The summed E-state index contributed by atoms with van der Waals surface area (Å²) in [6.45, 7) is 2.55. The quantitative estimate of drug-likeness (QED) is 0.798. The van der Waals surface area contributed by atoms with Crippen LogP contribution in [0.1, 0.15) is 28.0 Å². The number of carbonyl (C=O) groups is 1. The molecule has 2 N–H and O–H groups in total. The van der Waals surface area contributed by atoms with E-state index in [1.807, 2.05) is 0 Å². The molecule has 0 saturated carbocycles. The van der Waals surface area contributed by atoms with Gasteiger partial charge in [-0.25, -0.2) is 4.79 Å². The summed E-state index contributed by atoms with van der Waals surface area (Å²) in [4.78, 5) is 14.6. The lowest BCUT2D eigenvalue weighted by Gasteiger charge is -1.97. The summed E-state index contributed by atoms with van der Waals surface area (Å²) in [5, 5.41) is 15.4. The molecule has 0 bridgehead atoms. The number of aromatic carboxylic acids is 1. The molecule has 0 spiro atoms. The number of aromatic nitrogens is 2. The second-order valence-electron chi connectivity index (χ2n) is 3.40. The van der Waals surface area contributed by atoms with E-state index in [2.05, 4.69) is 15.5 Å². The van der Waals surface area contributed by atoms with Gasteiger partial charge in [0.25, 0.3) is 0 Å². The van der Waals surface area contributed by atoms with Gasteiger partial charge in [0.2, 0.25) is 11.7 Å². The van der Waals surface area contributed by atoms with Crippen molar-refractivity contribution in [3.63, 3.8) is 0 Å². The molecule has 0 aliphatic carbocycles. The molecule has 2 aromatic heterocycles. The number of furan rings is 1. The standard InChI is InChI=1S/C10H11N3O4/c1-6-12-9(13-17-6)5-11-4-7-2-3-8(16-7)10(14)15/h2-3,11H,4-5H2,1H3,(H,14,15). The van der Waals surface area contributed by atoms with Gasteiger partial charge in [-0.2, -0.15) is 4.98 Å². The van der Waals surface area contributed by atoms with Gasteiger partial charge in [0.05, 0.1) is 13.1 Å². The molecule has 0 fully saturated rings. The van der Waals surface area contributed by atoms with Crippen molar-refractivity contribution in [1.29, 1.82) is 0 Å². The van der Waals surface area contributed by atoms with Gasteiger partial charge in [-0.05, 0) is 12.1 Å². The lowest BCUT2D eigenvalue weighted by Crippen LogP contribution is -2.13. The van der Waals surface area contributed by atoms with E-state index < -0.39 is 5.97 Å². The summed E-state index contributed by atoms with van der Waals surface area (Å²) in [6, 6.07) is 3.02. The number of carboxylic acid groups (broad SMARTS) is 1. The Morgan fingerprint density at radius 1 is 1.47 bits per heavy atom. The Labute approximate surface area is 96.4 Å². The molecule has 0 aliphatic rings. The first kappa shape index (κ1) is 11.3. The van der Waals surface area contributed by atoms with E-state index >= 15 is 0 Å². The Bertz CT molecular complexity index is 517. The molecular formula is C10H11N3O4. The molecule has 2 heterocycles. The van der Waals surface area contributed by atoms with Crippen molar-refractivity contribution in [3.05, 3.63) is 35.4 Å². The number of carboxylic acids is 1. The molecule has 0 radical (unpaired) electrons. The normalized spacial score (nSPS) is 10.6. The van der Waals surface area contributed by atoms with Crippen LogP contribution in [0.25, 0.3) is 0 Å². The molecule has 0 amide bonds. The Hall–Kier alpha value is -2.15. The maximum absolute atomic E-state index is 10.6. The Kier molecular flexibility index (Phi) is 3.20. The molecule has 0 aliphatic heterocycles. The monoisotopic (exact) mass is 237 g/mol. The predicted molar refractivity (Wildman–Crippen MR) is 55.2 cm³/mol. The number of nitrogens with one attached hydrogen (secondary N) is 1. The predicted octanol–water partition coefficient (Wildman–Crippen LogP) is 0.959. The minimum Gasteiger partial charge on any atom is -0.475 e. The molecule has 7 heteroatoms. The number of hydrogen-bond donors (Lipinski definition) is 2. The van der Waals surface area contributed by atoms with Gasteiger partial charge in [-0.3, -0.25) is 0 Å². The van der Waals surface area contributed by atoms with Crippen molar-refractivity contribution in [1.82, 2.24) is 15.5 Å². The van der Waals surface area contributed by atoms with Crippen LogP contribution in [0.4, 0.5) is 0 Å². The number of aryl methyl sites for hydroxylation is 1. The second kappa shape index (κ2) is 4.79. The fraction of sp³-hybridized carbons (Fsp3) is 0.300. The number of hydrogen-bond acceptors (Lipinski definition) is 6. The number of rotatable bonds is 5. The van der Waals surface area contributed by atoms with Crippen LogP contribution in [0.5, 0.6) is 0 Å². The summed E-state index contributed by atoms with van der Waals surface area (Å²) >= 11 is 0. The fourth-order valence-corrected chi connectivity index (χ4v) is 1.30. The number of nitrogens with zero attached hydrogens (tertiary/aromatic N) is 2. The van der Waals surface area contributed by atoms with Crippen LogP contribution in [0.15, 0.2) is 21.1 Å². The second-order valence-corrected chi connectivity index (χ2v) is 3.40. The van der Waals surface area contributed by atoms with Crippen LogP contribution in [-0.2, 0) is 13.1 Å². The lowest BCUT2D eigenvalue weighted by atomic mass is 10.4. The Balaban J connectivity index is 1.83. The van der Waals surface area contributed by atoms with Crippen LogP contribution in [-0.4, -0.2) is 21.2 Å². The Morgan fingerprint density at radius 2 is 2.29 bits per heavy atom. The molecule has 2 rings (SSSR count). The third-order valence-electron chi connectivity index (χ3n) is 2.02. The van der Waals surface area contributed by atoms with Gasteiger partial charge in [-0.15, -0.1) is 0 Å². The average molecular weight is 237 g/mol. The summed E-state index contributed by atoms with van der Waals surface area (Å²) in [5.74, 6) is 0.449. The summed E-state index contributed by atoms with van der Waals surface area (Å²) in [6.07, 6.45) is 0. The van der Waals surface area contributed by atoms with Gasteiger partial charge < -0.3 is 19.4 Å². The topological polar surface area (TPSA) is 101 Å². The van der Waals surface area contributed by atoms with Crippen molar-refractivity contribution in [2.75, 3.05) is 0 Å². The maximum Gasteiger partial charge on any atom is 0.371 e. The molecular weight excluding hydrogens is 226 g/mol. The molecule has 0 aromatic carbocycles. The van der Waals surface area contributed by atoms with E-state index in [9.17, 15) is 4.79 Å². The molecule has 0 atom stereocenters. The van der Waals surface area contributed by atoms with Crippen molar-refractivity contribution < 1.29 is 18.8 Å². The summed E-state index contributed by atoms with van der Waals surface area (Å²) in [5.41, 5.74) is 0. The van der Waals surface area contributed by atoms with Crippen molar-refractivity contribution in [2.45, 2.75) is 20.0 Å². The van der Waals surface area contributed by atoms with Crippen LogP contribution in [0.2, 0.25) is 0 Å². The van der Waals surface area contributed by atoms with Gasteiger partial charge in [-0.1, -0.05) is 5.16 Å². The highest BCUT2D eigenvalue weighted by Gasteiger charge is 2.08. The van der Waals surface area contributed by atoms with Crippen molar-refractivity contribution in [2.24, 2.45) is 0 Å². The third kappa shape index (κ3) is 2.91. The van der Waals surface area contributed by atoms with Crippen LogP contribution in [0, 0.1) is 6.92 Å². The summed E-state index contributed by atoms with van der Waals surface area (Å²) < 4.78 is 9.86. The first-order valence-electron chi connectivity index (χ1n) is 4.97. The Morgan fingerprint density at radius 3 is 2.88 bits per heavy atom. The lowest BCUT2D eigenvalue weighted by molar-refractivity contribution is 0.0660. The van der Waals surface area contributed by atoms with E-state index in [1.54, 1.807) is 13.0 Å². The molecule has 0 unspecified atom stereocenters. The van der Waals surface area contributed by atoms with Crippen molar-refractivity contribution >= 4 is 5.97 Å². The maximum atomic E-state index is 10.6. The highest BCUT2D eigenvalue weighted by atomic mass is 16.5. The SMILES string of the molecule is Cc1nc(CNCc2ccc(C(=O)O)o2)no1. The summed E-state index contributed by atoms with van der Waals surface area (Å²) in [7, 11) is 0. The van der Waals surface area contributed by atoms with Crippen molar-refractivity contribution in [3.8, 4) is 0 Å². The minimum absolute atomic E-state index is 0.0720. The average Bonchev–Trinajstić information content (AvgIpc) is 2.88. The molecule has 2 aromatic rings. The first-order chi connectivity index (χ1) is 8.15. The van der Waals surface area contributed by atoms with E-state index in [0.717, 1.165) is 0 Å². The third-order valence-corrected chi connectivity index (χ3v) is 2.02. The largest absolute Gasteiger partial charge is 0.475 e. The van der Waals surface area contributed by atoms with Gasteiger partial charge in [0.1, 0.15) is 5.76 Å². The molecule has 7 nitrogen and oxygen atoms in total. The zero-order chi connectivity index (χ0) is 12.3. The van der Waals surface area contributed by atoms with E-state index in [1.165, 1.54) is 6.07 Å². The van der Waals surface area contributed by atoms with E-state index in [4.69, 9.17) is 14.0 Å². The molecule has 17 heavy (non-hydrogen) atoms. The zero-order valence-corrected chi connectivity index (χ0v) is 9.14. The zero-order valence-electron chi connectivity index (χ0n) is 9.14. The van der Waals surface area contributed by atoms with Crippen LogP contribution in [0.3, 0.4) is 0 Å². The van der Waals surface area contributed by atoms with Gasteiger partial charge in [0, 0.05) is 6.92 Å². The fourth-order valence-electron chi connectivity index (χ4n) is 1.30. The smallest absolute Gasteiger partial charge is 0.371 e. The molecule has 0 saturated heterocycles. The van der Waals surface area contributed by atoms with E-state index in [0.29, 0.717) is 30.6 Å². The van der Waals surface area contributed by atoms with Crippen LogP contribution >= 0.6 is 0 Å². The van der Waals surface area contributed by atoms with Gasteiger partial charge in [0.15, 0.2) is 5.82 Å². The van der Waals surface area contributed by atoms with E-state index in [-0.39, 0.29) is 5.76 Å². The van der Waals surface area contributed by atoms with Crippen LogP contribution < -0.4 is 5.32 Å². The highest BCUT2D eigenvalue weighted by Crippen LogP contribution is 2.07. The highest BCUT2D eigenvalue weighted by molar-refractivity contribution is 5.84. The first-order valence-corrected chi connectivity index (χ1v) is 4.97. The molecule has 90 valence electrons.